The molecule has 31 heavy (non-hydrogen) atoms. The van der Waals surface area contributed by atoms with E-state index in [2.05, 4.69) is 24.8 Å². The summed E-state index contributed by atoms with van der Waals surface area (Å²) in [5.41, 5.74) is 3.70. The Labute approximate surface area is 182 Å². The van der Waals surface area contributed by atoms with Gasteiger partial charge in [-0.05, 0) is 12.1 Å². The number of nitrogens with zero attached hydrogens (tertiary/aromatic N) is 5. The van der Waals surface area contributed by atoms with Crippen molar-refractivity contribution in [3.63, 3.8) is 0 Å². The summed E-state index contributed by atoms with van der Waals surface area (Å²) in [6, 6.07) is 7.85. The minimum Gasteiger partial charge on any atom is -0.497 e. The lowest BCUT2D eigenvalue weighted by atomic mass is 10.0. The van der Waals surface area contributed by atoms with Crippen LogP contribution in [-0.4, -0.2) is 65.4 Å². The molecule has 0 spiro atoms. The molecule has 0 bridgehead atoms. The summed E-state index contributed by atoms with van der Waals surface area (Å²) < 4.78 is 16.5. The van der Waals surface area contributed by atoms with Gasteiger partial charge in [0.15, 0.2) is 0 Å². The quantitative estimate of drug-likeness (QED) is 0.549. The number of rotatable bonds is 8. The standard InChI is InChI=1S/C23H27N5O3/c1-29-10-6-21-26-13-17(14-27-21)15-28-9-11-31-20(16-28)23-22(24-7-8-25-23)18-4-3-5-19(12-18)30-2/h3-5,7-8,12-14,20H,6,9-11,15-16H2,1-2H3. The van der Waals surface area contributed by atoms with Gasteiger partial charge in [0.05, 0.1) is 31.7 Å². The highest BCUT2D eigenvalue weighted by Crippen LogP contribution is 2.30. The van der Waals surface area contributed by atoms with Gasteiger partial charge in [0.2, 0.25) is 0 Å². The number of methoxy groups -OCH3 is 2. The second kappa shape index (κ2) is 10.4. The zero-order valence-electron chi connectivity index (χ0n) is 17.9. The lowest BCUT2D eigenvalue weighted by molar-refractivity contribution is -0.0349. The minimum atomic E-state index is -0.162. The first-order valence-corrected chi connectivity index (χ1v) is 10.3. The number of morpholine rings is 1. The van der Waals surface area contributed by atoms with Crippen molar-refractivity contribution in [3.05, 3.63) is 66.1 Å². The van der Waals surface area contributed by atoms with Crippen LogP contribution >= 0.6 is 0 Å². The minimum absolute atomic E-state index is 0.162. The fraction of sp³-hybridized carbons (Fsp3) is 0.391. The molecule has 0 N–H and O–H groups in total. The summed E-state index contributed by atoms with van der Waals surface area (Å²) in [5, 5.41) is 0. The Balaban J connectivity index is 1.48. The topological polar surface area (TPSA) is 82.5 Å². The Hall–Kier alpha value is -2.94. The zero-order valence-corrected chi connectivity index (χ0v) is 17.9. The average molecular weight is 422 g/mol. The molecular weight excluding hydrogens is 394 g/mol. The maximum Gasteiger partial charge on any atom is 0.130 e. The monoisotopic (exact) mass is 421 g/mol. The van der Waals surface area contributed by atoms with Gasteiger partial charge in [-0.25, -0.2) is 9.97 Å². The summed E-state index contributed by atoms with van der Waals surface area (Å²) in [7, 11) is 3.34. The van der Waals surface area contributed by atoms with Gasteiger partial charge in [-0.3, -0.25) is 14.9 Å². The molecular formula is C23H27N5O3. The van der Waals surface area contributed by atoms with E-state index in [9.17, 15) is 0 Å². The maximum absolute atomic E-state index is 6.09. The van der Waals surface area contributed by atoms with Crippen molar-refractivity contribution in [2.24, 2.45) is 0 Å². The van der Waals surface area contributed by atoms with Crippen molar-refractivity contribution in [1.82, 2.24) is 24.8 Å². The first kappa shape index (κ1) is 21.3. The van der Waals surface area contributed by atoms with Crippen LogP contribution in [0.5, 0.6) is 5.75 Å². The summed E-state index contributed by atoms with van der Waals surface area (Å²) >= 11 is 0. The molecule has 1 unspecified atom stereocenters. The molecule has 8 heteroatoms. The Morgan fingerprint density at radius 2 is 1.94 bits per heavy atom. The second-order valence-corrected chi connectivity index (χ2v) is 7.37. The van der Waals surface area contributed by atoms with E-state index < -0.39 is 0 Å². The van der Waals surface area contributed by atoms with Gasteiger partial charge >= 0.3 is 0 Å². The summed E-state index contributed by atoms with van der Waals surface area (Å²) in [6.07, 6.45) is 7.77. The summed E-state index contributed by atoms with van der Waals surface area (Å²) in [5.74, 6) is 1.59. The van der Waals surface area contributed by atoms with Crippen molar-refractivity contribution >= 4 is 0 Å². The molecule has 2 aromatic heterocycles. The number of ether oxygens (including phenoxy) is 3. The van der Waals surface area contributed by atoms with Gasteiger partial charge < -0.3 is 14.2 Å². The molecule has 3 heterocycles. The fourth-order valence-electron chi connectivity index (χ4n) is 3.63. The molecule has 0 radical (unpaired) electrons. The van der Waals surface area contributed by atoms with Gasteiger partial charge in [-0.2, -0.15) is 0 Å². The van der Waals surface area contributed by atoms with Gasteiger partial charge in [-0.1, -0.05) is 12.1 Å². The molecule has 1 atom stereocenters. The Kier molecular flexibility index (Phi) is 7.14. The second-order valence-electron chi connectivity index (χ2n) is 7.37. The predicted molar refractivity (Wildman–Crippen MR) is 116 cm³/mol. The van der Waals surface area contributed by atoms with Gasteiger partial charge in [0.25, 0.3) is 0 Å². The molecule has 1 aromatic carbocycles. The Morgan fingerprint density at radius 1 is 1.10 bits per heavy atom. The molecule has 0 aliphatic carbocycles. The summed E-state index contributed by atoms with van der Waals surface area (Å²) in [4.78, 5) is 20.5. The highest BCUT2D eigenvalue weighted by molar-refractivity contribution is 5.63. The van der Waals surface area contributed by atoms with Crippen LogP contribution in [0.3, 0.4) is 0 Å². The van der Waals surface area contributed by atoms with Crippen molar-refractivity contribution < 1.29 is 14.2 Å². The molecule has 1 aliphatic heterocycles. The van der Waals surface area contributed by atoms with E-state index in [1.54, 1.807) is 26.6 Å². The summed E-state index contributed by atoms with van der Waals surface area (Å²) in [6.45, 7) is 3.58. The van der Waals surface area contributed by atoms with Gasteiger partial charge in [0.1, 0.15) is 17.7 Å². The molecule has 3 aromatic rings. The normalized spacial score (nSPS) is 16.9. The molecule has 1 aliphatic rings. The maximum atomic E-state index is 6.09. The third kappa shape index (κ3) is 5.41. The van der Waals surface area contributed by atoms with Crippen LogP contribution in [0.1, 0.15) is 23.2 Å². The third-order valence-corrected chi connectivity index (χ3v) is 5.22. The number of aromatic nitrogens is 4. The molecule has 1 saturated heterocycles. The molecule has 4 rings (SSSR count). The average Bonchev–Trinajstić information content (AvgIpc) is 2.84. The largest absolute Gasteiger partial charge is 0.497 e. The number of hydrogen-bond acceptors (Lipinski definition) is 8. The Morgan fingerprint density at radius 3 is 2.74 bits per heavy atom. The Bertz CT molecular complexity index is 983. The van der Waals surface area contributed by atoms with E-state index in [4.69, 9.17) is 14.2 Å². The van der Waals surface area contributed by atoms with Crippen LogP contribution in [0, 0.1) is 0 Å². The van der Waals surface area contributed by atoms with E-state index in [0.717, 1.165) is 60.1 Å². The van der Waals surface area contributed by atoms with Gasteiger partial charge in [0, 0.05) is 69.1 Å². The van der Waals surface area contributed by atoms with E-state index in [0.29, 0.717) is 13.2 Å². The van der Waals surface area contributed by atoms with Crippen molar-refractivity contribution in [2.75, 3.05) is 40.5 Å². The highest BCUT2D eigenvalue weighted by atomic mass is 16.5. The van der Waals surface area contributed by atoms with Gasteiger partial charge in [-0.15, -0.1) is 0 Å². The predicted octanol–water partition coefficient (Wildman–Crippen LogP) is 2.70. The lowest BCUT2D eigenvalue weighted by Crippen LogP contribution is -2.38. The molecule has 8 nitrogen and oxygen atoms in total. The molecule has 0 amide bonds. The lowest BCUT2D eigenvalue weighted by Gasteiger charge is -2.33. The first-order valence-electron chi connectivity index (χ1n) is 10.3. The zero-order chi connectivity index (χ0) is 21.5. The van der Waals surface area contributed by atoms with Crippen LogP contribution in [0.15, 0.2) is 49.1 Å². The van der Waals surface area contributed by atoms with E-state index in [1.165, 1.54) is 0 Å². The van der Waals surface area contributed by atoms with Crippen molar-refractivity contribution in [3.8, 4) is 17.0 Å². The SMILES string of the molecule is COCCc1ncc(CN2CCOC(c3nccnc3-c3cccc(OC)c3)C2)cn1. The third-order valence-electron chi connectivity index (χ3n) is 5.22. The highest BCUT2D eigenvalue weighted by Gasteiger charge is 2.26. The van der Waals surface area contributed by atoms with E-state index >= 15 is 0 Å². The number of hydrogen-bond donors (Lipinski definition) is 0. The van der Waals surface area contributed by atoms with E-state index in [1.807, 2.05) is 36.7 Å². The molecule has 0 saturated carbocycles. The van der Waals surface area contributed by atoms with Crippen LogP contribution in [0.2, 0.25) is 0 Å². The molecule has 162 valence electrons. The van der Waals surface area contributed by atoms with Crippen LogP contribution in [-0.2, 0) is 22.4 Å². The smallest absolute Gasteiger partial charge is 0.130 e. The van der Waals surface area contributed by atoms with Crippen molar-refractivity contribution in [2.45, 2.75) is 19.1 Å². The first-order chi connectivity index (χ1) is 15.3. The van der Waals surface area contributed by atoms with Crippen molar-refractivity contribution in [1.29, 1.82) is 0 Å². The van der Waals surface area contributed by atoms with Crippen LogP contribution < -0.4 is 4.74 Å². The number of benzene rings is 1. The van der Waals surface area contributed by atoms with Crippen LogP contribution in [0.4, 0.5) is 0 Å². The molecule has 1 fully saturated rings. The van der Waals surface area contributed by atoms with Crippen LogP contribution in [0.25, 0.3) is 11.3 Å². The van der Waals surface area contributed by atoms with E-state index in [-0.39, 0.29) is 6.10 Å². The fourth-order valence-corrected chi connectivity index (χ4v) is 3.63.